The van der Waals surface area contributed by atoms with Crippen LogP contribution in [-0.4, -0.2) is 37.7 Å². The lowest BCUT2D eigenvalue weighted by atomic mass is 10.2. The number of amides is 2. The van der Waals surface area contributed by atoms with E-state index in [0.29, 0.717) is 11.5 Å². The van der Waals surface area contributed by atoms with Crippen LogP contribution >= 0.6 is 11.6 Å². The van der Waals surface area contributed by atoms with Gasteiger partial charge >= 0.3 is 5.97 Å². The molecular formula is C18H14ClFN2O6. The van der Waals surface area contributed by atoms with Crippen molar-refractivity contribution >= 4 is 35.1 Å². The van der Waals surface area contributed by atoms with Crippen molar-refractivity contribution in [1.29, 1.82) is 0 Å². The lowest BCUT2D eigenvalue weighted by molar-refractivity contribution is -0.146. The SMILES string of the molecule is O=C(COC(=O)CNC(=O)c1ccc2c(c1)OCO2)Nc1ccc(Cl)cc1F. The van der Waals surface area contributed by atoms with E-state index in [2.05, 4.69) is 10.6 Å². The van der Waals surface area contributed by atoms with Crippen LogP contribution in [0.5, 0.6) is 11.5 Å². The minimum absolute atomic E-state index is 0.0781. The van der Waals surface area contributed by atoms with Gasteiger partial charge in [0.2, 0.25) is 6.79 Å². The van der Waals surface area contributed by atoms with Crippen LogP contribution in [0.25, 0.3) is 0 Å². The first-order valence-corrected chi connectivity index (χ1v) is 8.38. The van der Waals surface area contributed by atoms with Crippen LogP contribution in [0.1, 0.15) is 10.4 Å². The van der Waals surface area contributed by atoms with E-state index in [1.54, 1.807) is 6.07 Å². The quantitative estimate of drug-likeness (QED) is 0.710. The molecule has 3 rings (SSSR count). The van der Waals surface area contributed by atoms with Gasteiger partial charge in [-0.15, -0.1) is 0 Å². The highest BCUT2D eigenvalue weighted by Gasteiger charge is 2.17. The van der Waals surface area contributed by atoms with Crippen molar-refractivity contribution in [2.45, 2.75) is 0 Å². The van der Waals surface area contributed by atoms with E-state index in [1.165, 1.54) is 24.3 Å². The molecule has 2 N–H and O–H groups in total. The van der Waals surface area contributed by atoms with Gasteiger partial charge in [0, 0.05) is 10.6 Å². The predicted molar refractivity (Wildman–Crippen MR) is 95.9 cm³/mol. The maximum absolute atomic E-state index is 13.6. The molecule has 8 nitrogen and oxygen atoms in total. The van der Waals surface area contributed by atoms with Gasteiger partial charge in [0.15, 0.2) is 18.1 Å². The summed E-state index contributed by atoms with van der Waals surface area (Å²) in [5, 5.41) is 4.79. The van der Waals surface area contributed by atoms with Crippen LogP contribution < -0.4 is 20.1 Å². The van der Waals surface area contributed by atoms with Gasteiger partial charge < -0.3 is 24.8 Å². The number of fused-ring (bicyclic) bond motifs is 1. The third kappa shape index (κ3) is 4.89. The lowest BCUT2D eigenvalue weighted by Gasteiger charge is -2.08. The van der Waals surface area contributed by atoms with Gasteiger partial charge in [-0.1, -0.05) is 11.6 Å². The Morgan fingerprint density at radius 3 is 2.68 bits per heavy atom. The second-order valence-corrected chi connectivity index (χ2v) is 6.02. The van der Waals surface area contributed by atoms with Crippen LogP contribution in [0.2, 0.25) is 5.02 Å². The highest BCUT2D eigenvalue weighted by Crippen LogP contribution is 2.32. The van der Waals surface area contributed by atoms with E-state index in [0.717, 1.165) is 6.07 Å². The summed E-state index contributed by atoms with van der Waals surface area (Å²) in [5.74, 6) is -1.86. The molecule has 0 spiro atoms. The van der Waals surface area contributed by atoms with Crippen molar-refractivity contribution in [2.75, 3.05) is 25.3 Å². The average Bonchev–Trinajstić information content (AvgIpc) is 3.14. The van der Waals surface area contributed by atoms with Crippen LogP contribution in [0, 0.1) is 5.82 Å². The molecule has 0 bridgehead atoms. The van der Waals surface area contributed by atoms with Crippen LogP contribution in [-0.2, 0) is 14.3 Å². The summed E-state index contributed by atoms with van der Waals surface area (Å²) in [7, 11) is 0. The molecule has 0 radical (unpaired) electrons. The van der Waals surface area contributed by atoms with Gasteiger partial charge in [-0.3, -0.25) is 14.4 Å². The summed E-state index contributed by atoms with van der Waals surface area (Å²) in [6, 6.07) is 8.30. The Hall–Kier alpha value is -3.33. The van der Waals surface area contributed by atoms with Gasteiger partial charge in [-0.25, -0.2) is 4.39 Å². The molecule has 1 heterocycles. The molecule has 0 unspecified atom stereocenters. The normalized spacial score (nSPS) is 11.6. The molecule has 1 aliphatic rings. The third-order valence-corrected chi connectivity index (χ3v) is 3.83. The van der Waals surface area contributed by atoms with E-state index in [9.17, 15) is 18.8 Å². The monoisotopic (exact) mass is 408 g/mol. The number of benzene rings is 2. The van der Waals surface area contributed by atoms with Crippen molar-refractivity contribution in [3.05, 3.63) is 52.8 Å². The summed E-state index contributed by atoms with van der Waals surface area (Å²) >= 11 is 5.62. The smallest absolute Gasteiger partial charge is 0.325 e. The van der Waals surface area contributed by atoms with Crippen LogP contribution in [0.3, 0.4) is 0 Å². The fourth-order valence-electron chi connectivity index (χ4n) is 2.27. The molecule has 1 aliphatic heterocycles. The fourth-order valence-corrected chi connectivity index (χ4v) is 2.43. The van der Waals surface area contributed by atoms with Gasteiger partial charge in [0.25, 0.3) is 11.8 Å². The predicted octanol–water partition coefficient (Wildman–Crippen LogP) is 2.12. The number of carbonyl (C=O) groups excluding carboxylic acids is 3. The summed E-state index contributed by atoms with van der Waals surface area (Å²) in [5.41, 5.74) is 0.176. The van der Waals surface area contributed by atoms with E-state index in [4.69, 9.17) is 25.8 Å². The minimum atomic E-state index is -0.833. The number of hydrogen-bond acceptors (Lipinski definition) is 6. The highest BCUT2D eigenvalue weighted by molar-refractivity contribution is 6.30. The molecule has 2 amide bonds. The standard InChI is InChI=1S/C18H14ClFN2O6/c19-11-2-3-13(12(20)6-11)22-16(23)8-26-17(24)7-21-18(25)10-1-4-14-15(5-10)28-9-27-14/h1-6H,7-9H2,(H,21,25)(H,22,23). The van der Waals surface area contributed by atoms with E-state index < -0.39 is 36.8 Å². The molecule has 0 aliphatic carbocycles. The van der Waals surface area contributed by atoms with Crippen LogP contribution in [0.4, 0.5) is 10.1 Å². The largest absolute Gasteiger partial charge is 0.454 e. The number of ether oxygens (including phenoxy) is 3. The Morgan fingerprint density at radius 2 is 1.89 bits per heavy atom. The van der Waals surface area contributed by atoms with Crippen LogP contribution in [0.15, 0.2) is 36.4 Å². The summed E-state index contributed by atoms with van der Waals surface area (Å²) < 4.78 is 28.6. The first kappa shape index (κ1) is 19.4. The second kappa shape index (κ2) is 8.57. The number of hydrogen-bond donors (Lipinski definition) is 2. The number of nitrogens with one attached hydrogen (secondary N) is 2. The zero-order chi connectivity index (χ0) is 20.1. The molecule has 0 aromatic heterocycles. The number of rotatable bonds is 6. The fraction of sp³-hybridized carbons (Fsp3) is 0.167. The summed E-state index contributed by atoms with van der Waals surface area (Å²) in [4.78, 5) is 35.4. The Morgan fingerprint density at radius 1 is 1.11 bits per heavy atom. The molecule has 146 valence electrons. The Bertz CT molecular complexity index is 936. The molecular weight excluding hydrogens is 395 g/mol. The molecule has 0 saturated heterocycles. The Kier molecular flexibility index (Phi) is 5.95. The first-order chi connectivity index (χ1) is 13.4. The molecule has 2 aromatic rings. The lowest BCUT2D eigenvalue weighted by Crippen LogP contribution is -2.32. The second-order valence-electron chi connectivity index (χ2n) is 5.58. The molecule has 2 aromatic carbocycles. The highest BCUT2D eigenvalue weighted by atomic mass is 35.5. The number of carbonyl (C=O) groups is 3. The van der Waals surface area contributed by atoms with Crippen molar-refractivity contribution in [3.63, 3.8) is 0 Å². The molecule has 0 atom stereocenters. The molecule has 28 heavy (non-hydrogen) atoms. The summed E-state index contributed by atoms with van der Waals surface area (Å²) in [6.07, 6.45) is 0. The Labute approximate surface area is 163 Å². The van der Waals surface area contributed by atoms with E-state index >= 15 is 0 Å². The van der Waals surface area contributed by atoms with E-state index in [1.807, 2.05) is 0 Å². The van der Waals surface area contributed by atoms with Gasteiger partial charge in [0.1, 0.15) is 12.4 Å². The molecule has 0 saturated carbocycles. The maximum atomic E-state index is 13.6. The molecule has 0 fully saturated rings. The average molecular weight is 409 g/mol. The summed E-state index contributed by atoms with van der Waals surface area (Å²) in [6.45, 7) is -1.01. The van der Waals surface area contributed by atoms with Crippen molar-refractivity contribution < 1.29 is 33.0 Å². The van der Waals surface area contributed by atoms with Gasteiger partial charge in [0.05, 0.1) is 5.69 Å². The number of esters is 1. The third-order valence-electron chi connectivity index (χ3n) is 3.60. The maximum Gasteiger partial charge on any atom is 0.325 e. The molecule has 10 heteroatoms. The van der Waals surface area contributed by atoms with Gasteiger partial charge in [-0.2, -0.15) is 0 Å². The topological polar surface area (TPSA) is 103 Å². The van der Waals surface area contributed by atoms with Crippen molar-refractivity contribution in [2.24, 2.45) is 0 Å². The zero-order valence-electron chi connectivity index (χ0n) is 14.3. The van der Waals surface area contributed by atoms with Crippen molar-refractivity contribution in [3.8, 4) is 11.5 Å². The van der Waals surface area contributed by atoms with Gasteiger partial charge in [-0.05, 0) is 36.4 Å². The zero-order valence-corrected chi connectivity index (χ0v) is 15.0. The van der Waals surface area contributed by atoms with Crippen molar-refractivity contribution in [1.82, 2.24) is 5.32 Å². The Balaban J connectivity index is 1.42. The number of anilines is 1. The first-order valence-electron chi connectivity index (χ1n) is 8.01. The minimum Gasteiger partial charge on any atom is -0.454 e. The number of halogens is 2. The van der Waals surface area contributed by atoms with E-state index in [-0.39, 0.29) is 23.1 Å².